The summed E-state index contributed by atoms with van der Waals surface area (Å²) in [5.74, 6) is -0.975. The van der Waals surface area contributed by atoms with Crippen LogP contribution in [0.1, 0.15) is 31.7 Å². The van der Waals surface area contributed by atoms with Gasteiger partial charge in [0.1, 0.15) is 0 Å². The van der Waals surface area contributed by atoms with Crippen LogP contribution in [0, 0.1) is 0 Å². The van der Waals surface area contributed by atoms with Crippen molar-refractivity contribution in [3.05, 3.63) is 29.8 Å². The van der Waals surface area contributed by atoms with Crippen LogP contribution < -0.4 is 10.2 Å². The first-order valence-corrected chi connectivity index (χ1v) is 6.37. The standard InChI is InChI=1S/C14H18N2O3/c1-9(2)15-14(19)16-8-10(7-13(17)18)11-5-3-4-6-12(11)16/h3-6,9-10H,7-8H2,1-2H3,(H,15,19)(H,17,18). The third kappa shape index (κ3) is 2.86. The van der Waals surface area contributed by atoms with Crippen molar-refractivity contribution in [2.45, 2.75) is 32.2 Å². The minimum Gasteiger partial charge on any atom is -0.481 e. The van der Waals surface area contributed by atoms with Crippen LogP contribution in [0.25, 0.3) is 0 Å². The normalized spacial score (nSPS) is 17.4. The zero-order chi connectivity index (χ0) is 14.0. The Morgan fingerprint density at radius 2 is 2.11 bits per heavy atom. The zero-order valence-electron chi connectivity index (χ0n) is 11.1. The maximum atomic E-state index is 12.1. The Morgan fingerprint density at radius 1 is 1.42 bits per heavy atom. The topological polar surface area (TPSA) is 69.6 Å². The molecule has 1 aliphatic rings. The summed E-state index contributed by atoms with van der Waals surface area (Å²) in [6, 6.07) is 7.37. The number of carboxylic acids is 1. The summed E-state index contributed by atoms with van der Waals surface area (Å²) in [6.07, 6.45) is 0.0441. The molecule has 0 fully saturated rings. The van der Waals surface area contributed by atoms with Gasteiger partial charge in [-0.05, 0) is 25.5 Å². The lowest BCUT2D eigenvalue weighted by Gasteiger charge is -2.20. The molecule has 0 saturated heterocycles. The van der Waals surface area contributed by atoms with E-state index in [2.05, 4.69) is 5.32 Å². The molecule has 1 unspecified atom stereocenters. The molecule has 0 aliphatic carbocycles. The van der Waals surface area contributed by atoms with Gasteiger partial charge < -0.3 is 10.4 Å². The van der Waals surface area contributed by atoms with Crippen molar-refractivity contribution in [2.24, 2.45) is 0 Å². The van der Waals surface area contributed by atoms with E-state index in [0.717, 1.165) is 11.3 Å². The van der Waals surface area contributed by atoms with Gasteiger partial charge in [-0.15, -0.1) is 0 Å². The molecule has 0 bridgehead atoms. The number of hydrogen-bond acceptors (Lipinski definition) is 2. The number of aliphatic carboxylic acids is 1. The highest BCUT2D eigenvalue weighted by Crippen LogP contribution is 2.37. The lowest BCUT2D eigenvalue weighted by Crippen LogP contribution is -2.42. The average molecular weight is 262 g/mol. The van der Waals surface area contributed by atoms with E-state index in [4.69, 9.17) is 5.11 Å². The van der Waals surface area contributed by atoms with Gasteiger partial charge in [0, 0.05) is 24.2 Å². The highest BCUT2D eigenvalue weighted by molar-refractivity contribution is 5.95. The second-order valence-electron chi connectivity index (χ2n) is 5.07. The van der Waals surface area contributed by atoms with Gasteiger partial charge in [-0.2, -0.15) is 0 Å². The van der Waals surface area contributed by atoms with E-state index in [9.17, 15) is 9.59 Å². The molecule has 1 heterocycles. The van der Waals surface area contributed by atoms with Crippen molar-refractivity contribution in [3.8, 4) is 0 Å². The number of nitrogens with one attached hydrogen (secondary N) is 1. The third-order valence-electron chi connectivity index (χ3n) is 3.15. The van der Waals surface area contributed by atoms with Gasteiger partial charge in [0.25, 0.3) is 0 Å². The minimum atomic E-state index is -0.842. The molecule has 5 nitrogen and oxygen atoms in total. The van der Waals surface area contributed by atoms with Gasteiger partial charge in [0.15, 0.2) is 0 Å². The molecule has 0 saturated carbocycles. The number of para-hydroxylation sites is 1. The quantitative estimate of drug-likeness (QED) is 0.877. The largest absolute Gasteiger partial charge is 0.481 e. The lowest BCUT2D eigenvalue weighted by atomic mass is 9.98. The Kier molecular flexibility index (Phi) is 3.74. The van der Waals surface area contributed by atoms with Crippen molar-refractivity contribution < 1.29 is 14.7 Å². The Bertz CT molecular complexity index is 499. The van der Waals surface area contributed by atoms with Crippen molar-refractivity contribution >= 4 is 17.7 Å². The zero-order valence-corrected chi connectivity index (χ0v) is 11.1. The fourth-order valence-corrected chi connectivity index (χ4v) is 2.40. The van der Waals surface area contributed by atoms with E-state index in [1.165, 1.54) is 0 Å². The van der Waals surface area contributed by atoms with Crippen LogP contribution in [0.4, 0.5) is 10.5 Å². The molecule has 0 aromatic heterocycles. The van der Waals surface area contributed by atoms with Crippen LogP contribution >= 0.6 is 0 Å². The number of carbonyl (C=O) groups is 2. The number of hydrogen-bond donors (Lipinski definition) is 2. The first kappa shape index (κ1) is 13.4. The molecule has 2 amide bonds. The maximum Gasteiger partial charge on any atom is 0.322 e. The smallest absolute Gasteiger partial charge is 0.322 e. The Balaban J connectivity index is 2.24. The van der Waals surface area contributed by atoms with Gasteiger partial charge in [-0.25, -0.2) is 4.79 Å². The molecular formula is C14H18N2O3. The van der Waals surface area contributed by atoms with Crippen LogP contribution in [0.2, 0.25) is 0 Å². The van der Waals surface area contributed by atoms with Crippen molar-refractivity contribution in [2.75, 3.05) is 11.4 Å². The van der Waals surface area contributed by atoms with E-state index in [1.807, 2.05) is 38.1 Å². The van der Waals surface area contributed by atoms with Gasteiger partial charge in [0.2, 0.25) is 0 Å². The first-order chi connectivity index (χ1) is 8.99. The Morgan fingerprint density at radius 3 is 2.74 bits per heavy atom. The number of anilines is 1. The highest BCUT2D eigenvalue weighted by atomic mass is 16.4. The molecule has 0 radical (unpaired) electrons. The lowest BCUT2D eigenvalue weighted by molar-refractivity contribution is -0.137. The maximum absolute atomic E-state index is 12.1. The van der Waals surface area contributed by atoms with Crippen molar-refractivity contribution in [1.29, 1.82) is 0 Å². The molecule has 2 rings (SSSR count). The summed E-state index contributed by atoms with van der Waals surface area (Å²) in [6.45, 7) is 4.22. The minimum absolute atomic E-state index is 0.0441. The molecule has 2 N–H and O–H groups in total. The van der Waals surface area contributed by atoms with E-state index < -0.39 is 5.97 Å². The Hall–Kier alpha value is -2.04. The van der Waals surface area contributed by atoms with Crippen LogP contribution in [-0.2, 0) is 4.79 Å². The first-order valence-electron chi connectivity index (χ1n) is 6.37. The van der Waals surface area contributed by atoms with E-state index in [-0.39, 0.29) is 24.4 Å². The second kappa shape index (κ2) is 5.30. The van der Waals surface area contributed by atoms with Crippen molar-refractivity contribution in [3.63, 3.8) is 0 Å². The number of carboxylic acid groups (broad SMARTS) is 1. The SMILES string of the molecule is CC(C)NC(=O)N1CC(CC(=O)O)c2ccccc21. The molecule has 1 aromatic carbocycles. The molecule has 5 heteroatoms. The number of urea groups is 1. The van der Waals surface area contributed by atoms with Crippen LogP contribution in [0.15, 0.2) is 24.3 Å². The molecule has 1 aliphatic heterocycles. The number of benzene rings is 1. The molecule has 1 aromatic rings. The number of rotatable bonds is 3. The van der Waals surface area contributed by atoms with E-state index in [1.54, 1.807) is 4.90 Å². The van der Waals surface area contributed by atoms with Crippen molar-refractivity contribution in [1.82, 2.24) is 5.32 Å². The van der Waals surface area contributed by atoms with Gasteiger partial charge >= 0.3 is 12.0 Å². The fraction of sp³-hybridized carbons (Fsp3) is 0.429. The van der Waals surface area contributed by atoms with Crippen LogP contribution in [0.5, 0.6) is 0 Å². The summed E-state index contributed by atoms with van der Waals surface area (Å²) >= 11 is 0. The predicted molar refractivity (Wildman–Crippen MR) is 72.4 cm³/mol. The van der Waals surface area contributed by atoms with Crippen LogP contribution in [0.3, 0.4) is 0 Å². The third-order valence-corrected chi connectivity index (χ3v) is 3.15. The fourth-order valence-electron chi connectivity index (χ4n) is 2.40. The Labute approximate surface area is 112 Å². The second-order valence-corrected chi connectivity index (χ2v) is 5.07. The average Bonchev–Trinajstić information content (AvgIpc) is 2.67. The molecule has 0 spiro atoms. The summed E-state index contributed by atoms with van der Waals surface area (Å²) in [4.78, 5) is 24.6. The highest BCUT2D eigenvalue weighted by Gasteiger charge is 2.33. The van der Waals surface area contributed by atoms with Gasteiger partial charge in [0.05, 0.1) is 6.42 Å². The predicted octanol–water partition coefficient (Wildman–Crippen LogP) is 2.18. The molecular weight excluding hydrogens is 244 g/mol. The number of amides is 2. The molecule has 19 heavy (non-hydrogen) atoms. The summed E-state index contributed by atoms with van der Waals surface area (Å²) in [7, 11) is 0. The van der Waals surface area contributed by atoms with Crippen LogP contribution in [-0.4, -0.2) is 29.7 Å². The number of carbonyl (C=O) groups excluding carboxylic acids is 1. The number of fused-ring (bicyclic) bond motifs is 1. The summed E-state index contributed by atoms with van der Waals surface area (Å²) < 4.78 is 0. The summed E-state index contributed by atoms with van der Waals surface area (Å²) in [5.41, 5.74) is 1.75. The van der Waals surface area contributed by atoms with Gasteiger partial charge in [-0.3, -0.25) is 9.69 Å². The van der Waals surface area contributed by atoms with Gasteiger partial charge in [-0.1, -0.05) is 18.2 Å². The van der Waals surface area contributed by atoms with E-state index >= 15 is 0 Å². The monoisotopic (exact) mass is 262 g/mol. The van der Waals surface area contributed by atoms with E-state index in [0.29, 0.717) is 6.54 Å². The summed E-state index contributed by atoms with van der Waals surface area (Å²) in [5, 5.41) is 11.8. The number of nitrogens with zero attached hydrogens (tertiary/aromatic N) is 1. The molecule has 102 valence electrons. The molecule has 1 atom stereocenters.